The molecule has 5 nitrogen and oxygen atoms in total. The van der Waals surface area contributed by atoms with Crippen LogP contribution in [0.25, 0.3) is 100 Å². The second-order valence-corrected chi connectivity index (χ2v) is 19.2. The van der Waals surface area contributed by atoms with E-state index in [0.29, 0.717) is 23.5 Å². The molecule has 12 rings (SSSR count). The first-order valence-corrected chi connectivity index (χ1v) is 22.8. The normalized spacial score (nSPS) is 15.5. The Morgan fingerprint density at radius 2 is 0.938 bits per heavy atom. The Morgan fingerprint density at radius 3 is 1.58 bits per heavy atom. The molecule has 0 amide bonds. The average molecular weight is 840 g/mol. The highest BCUT2D eigenvalue weighted by atomic mass is 15.2. The van der Waals surface area contributed by atoms with E-state index in [1.807, 2.05) is 24.3 Å². The molecule has 5 heteroatoms. The van der Waals surface area contributed by atoms with Crippen LogP contribution >= 0.6 is 0 Å². The number of hydrogen-bond acceptors (Lipinski definition) is 3. The van der Waals surface area contributed by atoms with Crippen molar-refractivity contribution in [2.75, 3.05) is 0 Å². The van der Waals surface area contributed by atoms with E-state index in [9.17, 15) is 0 Å². The maximum atomic E-state index is 5.30. The molecule has 1 aliphatic carbocycles. The molecule has 0 saturated heterocycles. The molecule has 8 aromatic carbocycles. The Hall–Kier alpha value is -7.63. The summed E-state index contributed by atoms with van der Waals surface area (Å²) in [5, 5.41) is 4.71. The third-order valence-corrected chi connectivity index (χ3v) is 14.5. The van der Waals surface area contributed by atoms with Crippen LogP contribution in [-0.2, 0) is 10.8 Å². The first-order chi connectivity index (χ1) is 31.6. The lowest BCUT2D eigenvalue weighted by Gasteiger charge is -2.47. The smallest absolute Gasteiger partial charge is 0.238 e. The highest BCUT2D eigenvalue weighted by Crippen LogP contribution is 2.52. The molecular formula is C60H49N5. The number of aromatic nitrogens is 5. The third-order valence-electron chi connectivity index (χ3n) is 14.5. The zero-order chi connectivity index (χ0) is 44.0. The minimum Gasteiger partial charge on any atom is -0.309 e. The van der Waals surface area contributed by atoms with Gasteiger partial charge in [0.05, 0.1) is 22.1 Å². The van der Waals surface area contributed by atoms with Crippen molar-refractivity contribution >= 4 is 43.6 Å². The molecule has 0 fully saturated rings. The second kappa shape index (κ2) is 14.7. The first kappa shape index (κ1) is 39.0. The summed E-state index contributed by atoms with van der Waals surface area (Å²) >= 11 is 0. The second-order valence-electron chi connectivity index (χ2n) is 19.2. The average Bonchev–Trinajstić information content (AvgIpc) is 3.85. The monoisotopic (exact) mass is 839 g/mol. The summed E-state index contributed by atoms with van der Waals surface area (Å²) in [7, 11) is 0. The van der Waals surface area contributed by atoms with Gasteiger partial charge in [0.25, 0.3) is 0 Å². The standard InChI is InChI=1S/C60H49N5/c1-38-37-59(2,3)50-24-16-23-45(55(50)60(38,4)5)41-31-33-44(34-32-41)64-51-25-14-12-21-46(51)48-35-49-47-22-13-15-26-52(47)65(54(49)36-53(48)64)58-62-56(42-19-10-7-11-20-42)61-57(63-58)43-29-27-40(28-30-43)39-17-8-6-9-18-39/h6-36,38H,37H2,1-5H3. The topological polar surface area (TPSA) is 48.5 Å². The third kappa shape index (κ3) is 6.24. The zero-order valence-corrected chi connectivity index (χ0v) is 37.4. The molecule has 0 aliphatic heterocycles. The summed E-state index contributed by atoms with van der Waals surface area (Å²) in [4.78, 5) is 15.7. The predicted octanol–water partition coefficient (Wildman–Crippen LogP) is 15.3. The summed E-state index contributed by atoms with van der Waals surface area (Å²) in [6.45, 7) is 12.1. The lowest BCUT2D eigenvalue weighted by molar-refractivity contribution is 0.234. The largest absolute Gasteiger partial charge is 0.309 e. The van der Waals surface area contributed by atoms with E-state index < -0.39 is 0 Å². The molecule has 0 N–H and O–H groups in total. The number of nitrogens with zero attached hydrogens (tertiary/aromatic N) is 5. The number of para-hydroxylation sites is 2. The van der Waals surface area contributed by atoms with E-state index in [2.05, 4.69) is 208 Å². The van der Waals surface area contributed by atoms with Gasteiger partial charge in [-0.25, -0.2) is 4.98 Å². The molecule has 1 aliphatic rings. The first-order valence-electron chi connectivity index (χ1n) is 22.8. The van der Waals surface area contributed by atoms with Crippen molar-refractivity contribution in [2.24, 2.45) is 5.92 Å². The van der Waals surface area contributed by atoms with Crippen LogP contribution < -0.4 is 0 Å². The maximum Gasteiger partial charge on any atom is 0.238 e. The van der Waals surface area contributed by atoms with Gasteiger partial charge in [0.15, 0.2) is 11.6 Å². The van der Waals surface area contributed by atoms with Crippen molar-refractivity contribution in [3.63, 3.8) is 0 Å². The summed E-state index contributed by atoms with van der Waals surface area (Å²) < 4.78 is 4.65. The van der Waals surface area contributed by atoms with Crippen LogP contribution in [0.1, 0.15) is 52.2 Å². The van der Waals surface area contributed by atoms with Gasteiger partial charge in [0.2, 0.25) is 5.95 Å². The fraction of sp³-hybridized carbons (Fsp3) is 0.150. The number of hydrogen-bond donors (Lipinski definition) is 0. The van der Waals surface area contributed by atoms with Gasteiger partial charge in [0, 0.05) is 38.4 Å². The molecular weight excluding hydrogens is 791 g/mol. The van der Waals surface area contributed by atoms with Crippen LogP contribution in [0, 0.1) is 5.92 Å². The van der Waals surface area contributed by atoms with Gasteiger partial charge < -0.3 is 4.57 Å². The summed E-state index contributed by atoms with van der Waals surface area (Å²) in [5.74, 6) is 2.39. The zero-order valence-electron chi connectivity index (χ0n) is 37.4. The Balaban J connectivity index is 1.06. The molecule has 11 aromatic rings. The van der Waals surface area contributed by atoms with Crippen LogP contribution in [0.3, 0.4) is 0 Å². The van der Waals surface area contributed by atoms with Gasteiger partial charge in [-0.2, -0.15) is 9.97 Å². The molecule has 0 bridgehead atoms. The molecule has 65 heavy (non-hydrogen) atoms. The van der Waals surface area contributed by atoms with Crippen LogP contribution in [0.5, 0.6) is 0 Å². The van der Waals surface area contributed by atoms with Crippen molar-refractivity contribution in [3.05, 3.63) is 199 Å². The van der Waals surface area contributed by atoms with E-state index in [1.54, 1.807) is 0 Å². The lowest BCUT2D eigenvalue weighted by atomic mass is 9.57. The number of benzene rings is 8. The van der Waals surface area contributed by atoms with Crippen molar-refractivity contribution in [1.82, 2.24) is 24.1 Å². The van der Waals surface area contributed by atoms with Gasteiger partial charge in [-0.3, -0.25) is 4.57 Å². The molecule has 1 atom stereocenters. The molecule has 314 valence electrons. The molecule has 3 aromatic heterocycles. The fourth-order valence-corrected chi connectivity index (χ4v) is 10.9. The van der Waals surface area contributed by atoms with Crippen molar-refractivity contribution < 1.29 is 0 Å². The van der Waals surface area contributed by atoms with Crippen molar-refractivity contribution in [2.45, 2.75) is 51.9 Å². The van der Waals surface area contributed by atoms with Gasteiger partial charge >= 0.3 is 0 Å². The minimum atomic E-state index is 0.0604. The van der Waals surface area contributed by atoms with E-state index >= 15 is 0 Å². The quantitative estimate of drug-likeness (QED) is 0.168. The van der Waals surface area contributed by atoms with E-state index in [1.165, 1.54) is 50.5 Å². The summed E-state index contributed by atoms with van der Waals surface area (Å²) in [5.41, 5.74) is 15.4. The van der Waals surface area contributed by atoms with Crippen molar-refractivity contribution in [1.29, 1.82) is 0 Å². The summed E-state index contributed by atoms with van der Waals surface area (Å²) in [6.07, 6.45) is 1.18. The van der Waals surface area contributed by atoms with Crippen LogP contribution in [-0.4, -0.2) is 24.1 Å². The van der Waals surface area contributed by atoms with Crippen LogP contribution in [0.15, 0.2) is 188 Å². The molecule has 0 spiro atoms. The highest BCUT2D eigenvalue weighted by molar-refractivity contribution is 6.19. The summed E-state index contributed by atoms with van der Waals surface area (Å²) in [6, 6.07) is 67.5. The van der Waals surface area contributed by atoms with Gasteiger partial charge in [0.1, 0.15) is 0 Å². The van der Waals surface area contributed by atoms with Crippen molar-refractivity contribution in [3.8, 4) is 56.7 Å². The highest BCUT2D eigenvalue weighted by Gasteiger charge is 2.43. The Labute approximate surface area is 379 Å². The van der Waals surface area contributed by atoms with E-state index in [4.69, 9.17) is 15.0 Å². The molecule has 0 saturated carbocycles. The lowest BCUT2D eigenvalue weighted by Crippen LogP contribution is -2.40. The van der Waals surface area contributed by atoms with E-state index in [0.717, 1.165) is 49.7 Å². The molecule has 0 radical (unpaired) electrons. The van der Waals surface area contributed by atoms with Crippen LogP contribution in [0.2, 0.25) is 0 Å². The number of fused-ring (bicyclic) bond motifs is 7. The molecule has 1 unspecified atom stereocenters. The Bertz CT molecular complexity index is 3610. The molecule has 3 heterocycles. The van der Waals surface area contributed by atoms with Gasteiger partial charge in [-0.05, 0) is 92.9 Å². The minimum absolute atomic E-state index is 0.0604. The number of rotatable bonds is 6. The fourth-order valence-electron chi connectivity index (χ4n) is 10.9. The van der Waals surface area contributed by atoms with Gasteiger partial charge in [-0.1, -0.05) is 186 Å². The van der Waals surface area contributed by atoms with E-state index in [-0.39, 0.29) is 10.8 Å². The predicted molar refractivity (Wildman–Crippen MR) is 270 cm³/mol. The van der Waals surface area contributed by atoms with Gasteiger partial charge in [-0.15, -0.1) is 0 Å². The Morgan fingerprint density at radius 1 is 0.431 bits per heavy atom. The Kier molecular flexibility index (Phi) is 8.83. The SMILES string of the molecule is CC1CC(C)(C)c2cccc(-c3ccc(-n4c5ccccc5c5cc6c7ccccc7n(-c7nc(-c8ccccc8)nc(-c8ccc(-c9ccccc9)cc8)n7)c6cc54)cc3)c2C1(C)C. The maximum absolute atomic E-state index is 5.30. The van der Waals surface area contributed by atoms with Crippen LogP contribution in [0.4, 0.5) is 0 Å².